The molecule has 0 unspecified atom stereocenters. The molecular formula is C20H21N5O4. The Morgan fingerprint density at radius 1 is 1.17 bits per heavy atom. The van der Waals surface area contributed by atoms with Gasteiger partial charge in [-0.15, -0.1) is 0 Å². The monoisotopic (exact) mass is 395 g/mol. The van der Waals surface area contributed by atoms with Crippen molar-refractivity contribution in [3.63, 3.8) is 0 Å². The number of ether oxygens (including phenoxy) is 2. The normalized spacial score (nSPS) is 13.7. The zero-order valence-electron chi connectivity index (χ0n) is 16.2. The Balaban J connectivity index is 1.61. The summed E-state index contributed by atoms with van der Waals surface area (Å²) in [6, 6.07) is 3.11. The van der Waals surface area contributed by atoms with Gasteiger partial charge in [0.05, 0.1) is 36.6 Å². The van der Waals surface area contributed by atoms with Crippen molar-refractivity contribution in [3.8, 4) is 28.6 Å². The number of fused-ring (bicyclic) bond motifs is 1. The standard InChI is InChI=1S/C20H21N5O4/c1-28-17-5-13(26)6-18(29-2)15(17)10-25-4-3-16-14(9-25)20(27)24-19(23-16)12-7-21-11-22-8-12/h5-8,11,26H,3-4,9-10H2,1-2H3,(H,23,24,27). The van der Waals surface area contributed by atoms with Crippen LogP contribution in [-0.2, 0) is 19.5 Å². The van der Waals surface area contributed by atoms with Gasteiger partial charge in [0.15, 0.2) is 0 Å². The molecule has 3 heterocycles. The maximum atomic E-state index is 12.7. The van der Waals surface area contributed by atoms with E-state index in [-0.39, 0.29) is 11.3 Å². The van der Waals surface area contributed by atoms with Gasteiger partial charge < -0.3 is 19.6 Å². The Labute approximate surface area is 167 Å². The van der Waals surface area contributed by atoms with E-state index in [1.807, 2.05) is 0 Å². The van der Waals surface area contributed by atoms with E-state index in [9.17, 15) is 9.90 Å². The fourth-order valence-corrected chi connectivity index (χ4v) is 3.52. The summed E-state index contributed by atoms with van der Waals surface area (Å²) >= 11 is 0. The topological polar surface area (TPSA) is 113 Å². The summed E-state index contributed by atoms with van der Waals surface area (Å²) in [6.45, 7) is 1.69. The number of aromatic hydroxyl groups is 1. The Kier molecular flexibility index (Phi) is 5.13. The molecule has 0 bridgehead atoms. The predicted molar refractivity (Wildman–Crippen MR) is 105 cm³/mol. The molecule has 0 saturated carbocycles. The number of benzene rings is 1. The molecular weight excluding hydrogens is 374 g/mol. The molecule has 2 N–H and O–H groups in total. The molecule has 0 spiro atoms. The number of phenols is 1. The summed E-state index contributed by atoms with van der Waals surface area (Å²) in [5.74, 6) is 1.63. The number of nitrogens with one attached hydrogen (secondary N) is 1. The van der Waals surface area contributed by atoms with Crippen molar-refractivity contribution < 1.29 is 14.6 Å². The maximum Gasteiger partial charge on any atom is 0.255 e. The average molecular weight is 395 g/mol. The van der Waals surface area contributed by atoms with Crippen molar-refractivity contribution in [1.29, 1.82) is 0 Å². The second kappa shape index (κ2) is 7.88. The van der Waals surface area contributed by atoms with Crippen LogP contribution in [0.25, 0.3) is 11.4 Å². The van der Waals surface area contributed by atoms with Crippen molar-refractivity contribution in [2.45, 2.75) is 19.5 Å². The number of hydrogen-bond acceptors (Lipinski definition) is 8. The number of hydrogen-bond donors (Lipinski definition) is 2. The molecule has 1 aliphatic rings. The number of H-pyrrole nitrogens is 1. The second-order valence-corrected chi connectivity index (χ2v) is 6.76. The van der Waals surface area contributed by atoms with Crippen LogP contribution in [0.2, 0.25) is 0 Å². The van der Waals surface area contributed by atoms with Gasteiger partial charge in [0.25, 0.3) is 5.56 Å². The van der Waals surface area contributed by atoms with E-state index in [1.54, 1.807) is 38.7 Å². The van der Waals surface area contributed by atoms with Gasteiger partial charge in [0, 0.05) is 50.6 Å². The molecule has 0 amide bonds. The molecule has 9 heteroatoms. The largest absolute Gasteiger partial charge is 0.508 e. The molecule has 0 aliphatic carbocycles. The van der Waals surface area contributed by atoms with E-state index >= 15 is 0 Å². The van der Waals surface area contributed by atoms with Crippen molar-refractivity contribution in [1.82, 2.24) is 24.8 Å². The van der Waals surface area contributed by atoms with Crippen LogP contribution >= 0.6 is 0 Å². The van der Waals surface area contributed by atoms with Crippen LogP contribution < -0.4 is 15.0 Å². The molecule has 0 atom stereocenters. The van der Waals surface area contributed by atoms with E-state index in [0.717, 1.165) is 17.8 Å². The fourth-order valence-electron chi connectivity index (χ4n) is 3.52. The van der Waals surface area contributed by atoms with Gasteiger partial charge in [-0.3, -0.25) is 9.69 Å². The molecule has 9 nitrogen and oxygen atoms in total. The summed E-state index contributed by atoms with van der Waals surface area (Å²) in [7, 11) is 3.10. The lowest BCUT2D eigenvalue weighted by molar-refractivity contribution is 0.233. The number of methoxy groups -OCH3 is 2. The molecule has 4 rings (SSSR count). The van der Waals surface area contributed by atoms with Crippen LogP contribution in [0.3, 0.4) is 0 Å². The first-order chi connectivity index (χ1) is 14.1. The first kappa shape index (κ1) is 18.9. The lowest BCUT2D eigenvalue weighted by Gasteiger charge is -2.28. The van der Waals surface area contributed by atoms with Crippen LogP contribution in [0.1, 0.15) is 16.8 Å². The number of aromatic amines is 1. The molecule has 0 saturated heterocycles. The summed E-state index contributed by atoms with van der Waals surface area (Å²) < 4.78 is 10.8. The highest BCUT2D eigenvalue weighted by molar-refractivity contribution is 5.52. The molecule has 2 aromatic heterocycles. The second-order valence-electron chi connectivity index (χ2n) is 6.76. The van der Waals surface area contributed by atoms with Crippen LogP contribution in [0.4, 0.5) is 0 Å². The van der Waals surface area contributed by atoms with Gasteiger partial charge in [-0.25, -0.2) is 15.0 Å². The van der Waals surface area contributed by atoms with Gasteiger partial charge in [-0.05, 0) is 0 Å². The van der Waals surface area contributed by atoms with Crippen LogP contribution in [0, 0.1) is 0 Å². The van der Waals surface area contributed by atoms with Gasteiger partial charge in [-0.1, -0.05) is 0 Å². The molecule has 1 aliphatic heterocycles. The lowest BCUT2D eigenvalue weighted by atomic mass is 10.0. The molecule has 0 fully saturated rings. The quantitative estimate of drug-likeness (QED) is 0.668. The third kappa shape index (κ3) is 3.77. The minimum absolute atomic E-state index is 0.0736. The first-order valence-corrected chi connectivity index (χ1v) is 9.12. The molecule has 0 radical (unpaired) electrons. The van der Waals surface area contributed by atoms with Gasteiger partial charge in [0.1, 0.15) is 29.4 Å². The Morgan fingerprint density at radius 2 is 1.86 bits per heavy atom. The van der Waals surface area contributed by atoms with Crippen molar-refractivity contribution in [2.75, 3.05) is 20.8 Å². The lowest BCUT2D eigenvalue weighted by Crippen LogP contribution is -2.35. The number of aromatic nitrogens is 4. The molecule has 150 valence electrons. The highest BCUT2D eigenvalue weighted by Crippen LogP contribution is 2.35. The highest BCUT2D eigenvalue weighted by atomic mass is 16.5. The summed E-state index contributed by atoms with van der Waals surface area (Å²) in [6.07, 6.45) is 5.32. The summed E-state index contributed by atoms with van der Waals surface area (Å²) in [5, 5.41) is 9.84. The third-order valence-electron chi connectivity index (χ3n) is 4.96. The van der Waals surface area contributed by atoms with E-state index in [1.165, 1.54) is 6.33 Å². The minimum Gasteiger partial charge on any atom is -0.508 e. The van der Waals surface area contributed by atoms with Gasteiger partial charge in [-0.2, -0.15) is 0 Å². The third-order valence-corrected chi connectivity index (χ3v) is 4.96. The molecule has 29 heavy (non-hydrogen) atoms. The molecule has 3 aromatic rings. The summed E-state index contributed by atoms with van der Waals surface area (Å²) in [4.78, 5) is 30.2. The zero-order chi connectivity index (χ0) is 20.4. The maximum absolute atomic E-state index is 12.7. The van der Waals surface area contributed by atoms with Gasteiger partial charge >= 0.3 is 0 Å². The van der Waals surface area contributed by atoms with Crippen molar-refractivity contribution >= 4 is 0 Å². The van der Waals surface area contributed by atoms with E-state index < -0.39 is 0 Å². The van der Waals surface area contributed by atoms with E-state index in [0.29, 0.717) is 48.0 Å². The number of nitrogens with zero attached hydrogens (tertiary/aromatic N) is 4. The minimum atomic E-state index is -0.164. The SMILES string of the molecule is COc1cc(O)cc(OC)c1CN1CCc2nc(-c3cncnc3)[nH]c(=O)c2C1. The first-order valence-electron chi connectivity index (χ1n) is 9.12. The number of phenolic OH excluding ortho intramolecular Hbond substituents is 1. The Bertz CT molecular complexity index is 1060. The average Bonchev–Trinajstić information content (AvgIpc) is 2.75. The van der Waals surface area contributed by atoms with Crippen LogP contribution in [0.15, 0.2) is 35.6 Å². The predicted octanol–water partition coefficient (Wildman–Crippen LogP) is 1.51. The summed E-state index contributed by atoms with van der Waals surface area (Å²) in [5.41, 5.74) is 2.76. The fraction of sp³-hybridized carbons (Fsp3) is 0.300. The van der Waals surface area contributed by atoms with Crippen molar-refractivity contribution in [2.24, 2.45) is 0 Å². The highest BCUT2D eigenvalue weighted by Gasteiger charge is 2.24. The van der Waals surface area contributed by atoms with Crippen LogP contribution in [0.5, 0.6) is 17.2 Å². The van der Waals surface area contributed by atoms with Crippen LogP contribution in [-0.4, -0.2) is 50.7 Å². The smallest absolute Gasteiger partial charge is 0.255 e. The van der Waals surface area contributed by atoms with Crippen molar-refractivity contribution in [3.05, 3.63) is 58.0 Å². The van der Waals surface area contributed by atoms with Gasteiger partial charge in [0.2, 0.25) is 0 Å². The zero-order valence-corrected chi connectivity index (χ0v) is 16.2. The Morgan fingerprint density at radius 3 is 2.52 bits per heavy atom. The Hall–Kier alpha value is -3.46. The number of rotatable bonds is 5. The van der Waals surface area contributed by atoms with E-state index in [2.05, 4.69) is 24.8 Å². The molecule has 1 aromatic carbocycles. The van der Waals surface area contributed by atoms with E-state index in [4.69, 9.17) is 9.47 Å².